The molecule has 4 heteroatoms. The van der Waals surface area contributed by atoms with Crippen LogP contribution in [0.5, 0.6) is 0 Å². The van der Waals surface area contributed by atoms with Crippen LogP contribution in [0, 0.1) is 0 Å². The quantitative estimate of drug-likeness (QED) is 0.421. The van der Waals surface area contributed by atoms with Crippen molar-refractivity contribution in [3.05, 3.63) is 139 Å². The van der Waals surface area contributed by atoms with Gasteiger partial charge in [0.15, 0.2) is 7.14 Å². The van der Waals surface area contributed by atoms with E-state index in [0.29, 0.717) is 21.5 Å². The topological polar surface area (TPSA) is 46.2 Å². The normalized spacial score (nSPS) is 11.7. The molecule has 0 aromatic heterocycles. The van der Waals surface area contributed by atoms with Crippen molar-refractivity contribution in [2.24, 2.45) is 0 Å². The van der Waals surface area contributed by atoms with Gasteiger partial charge < -0.3 is 9.88 Å². The highest BCUT2D eigenvalue weighted by molar-refractivity contribution is 7.87. The molecular formula is C27H22NO2P. The zero-order valence-corrected chi connectivity index (χ0v) is 17.8. The first-order chi connectivity index (χ1) is 15.2. The highest BCUT2D eigenvalue weighted by Gasteiger charge is 2.33. The molecule has 1 amide bonds. The minimum atomic E-state index is -3.26. The number of hydrogen-bond donors (Lipinski definition) is 1. The summed E-state index contributed by atoms with van der Waals surface area (Å²) in [4.78, 5) is 12.7. The van der Waals surface area contributed by atoms with E-state index in [0.717, 1.165) is 5.56 Å². The number of nitrogens with one attached hydrogen (secondary N) is 1. The molecule has 0 aliphatic carbocycles. The number of amides is 1. The van der Waals surface area contributed by atoms with Crippen LogP contribution in [0.3, 0.4) is 0 Å². The molecule has 0 saturated heterocycles. The van der Waals surface area contributed by atoms with Crippen molar-refractivity contribution in [2.75, 3.05) is 0 Å². The van der Waals surface area contributed by atoms with Crippen LogP contribution in [-0.4, -0.2) is 5.91 Å². The maximum atomic E-state index is 14.8. The number of rotatable bonds is 6. The highest BCUT2D eigenvalue weighted by atomic mass is 31.2. The van der Waals surface area contributed by atoms with Crippen LogP contribution in [0.15, 0.2) is 128 Å². The van der Waals surface area contributed by atoms with E-state index in [9.17, 15) is 9.36 Å². The molecule has 0 aliphatic rings. The predicted molar refractivity (Wildman–Crippen MR) is 128 cm³/mol. The van der Waals surface area contributed by atoms with Crippen molar-refractivity contribution in [1.29, 1.82) is 0 Å². The first-order valence-corrected chi connectivity index (χ1v) is 11.7. The Labute approximate surface area is 182 Å². The van der Waals surface area contributed by atoms with E-state index in [4.69, 9.17) is 0 Å². The number of benzene rings is 4. The third-order valence-corrected chi connectivity index (χ3v) is 8.14. The summed E-state index contributed by atoms with van der Waals surface area (Å²) in [6.45, 7) is 0. The molecule has 0 radical (unpaired) electrons. The first kappa shape index (κ1) is 20.6. The van der Waals surface area contributed by atoms with Gasteiger partial charge in [-0.3, -0.25) is 4.79 Å². The Morgan fingerprint density at radius 3 is 1.42 bits per heavy atom. The molecule has 152 valence electrons. The summed E-state index contributed by atoms with van der Waals surface area (Å²) >= 11 is 0. The standard InChI is InChI=1S/C27H22NO2P/c29-27(23-15-7-2-8-16-23)28-21-26(22-13-5-1-6-14-22)31(30,24-17-9-3-10-18-24)25-19-11-4-12-20-25/h1-21H,(H,28,29)/b26-21+. The zero-order valence-electron chi connectivity index (χ0n) is 16.9. The number of carbonyl (C=O) groups excluding carboxylic acids is 1. The Morgan fingerprint density at radius 2 is 0.968 bits per heavy atom. The van der Waals surface area contributed by atoms with Crippen molar-refractivity contribution in [3.8, 4) is 0 Å². The molecule has 0 spiro atoms. The lowest BCUT2D eigenvalue weighted by Gasteiger charge is -2.23. The molecule has 0 unspecified atom stereocenters. The molecule has 4 aromatic carbocycles. The number of hydrogen-bond acceptors (Lipinski definition) is 2. The molecule has 0 heterocycles. The van der Waals surface area contributed by atoms with Crippen LogP contribution < -0.4 is 15.9 Å². The fourth-order valence-corrected chi connectivity index (χ4v) is 6.27. The molecule has 4 aromatic rings. The fraction of sp³-hybridized carbons (Fsp3) is 0. The molecule has 3 nitrogen and oxygen atoms in total. The van der Waals surface area contributed by atoms with E-state index in [1.165, 1.54) is 0 Å². The van der Waals surface area contributed by atoms with Crippen LogP contribution >= 0.6 is 7.14 Å². The maximum absolute atomic E-state index is 14.8. The Bertz CT molecular complexity index is 1180. The van der Waals surface area contributed by atoms with E-state index in [1.807, 2.05) is 109 Å². The third kappa shape index (κ3) is 4.42. The average molecular weight is 423 g/mol. The molecule has 0 saturated carbocycles. The molecule has 1 N–H and O–H groups in total. The summed E-state index contributed by atoms with van der Waals surface area (Å²) in [6.07, 6.45) is 1.60. The molecular weight excluding hydrogens is 401 g/mol. The van der Waals surface area contributed by atoms with Crippen LogP contribution in [0.25, 0.3) is 5.31 Å². The lowest BCUT2D eigenvalue weighted by atomic mass is 10.2. The van der Waals surface area contributed by atoms with Gasteiger partial charge in [0.05, 0.1) is 0 Å². The van der Waals surface area contributed by atoms with Crippen LogP contribution in [0.2, 0.25) is 0 Å². The van der Waals surface area contributed by atoms with Gasteiger partial charge in [-0.05, 0) is 17.7 Å². The van der Waals surface area contributed by atoms with Gasteiger partial charge in [-0.2, -0.15) is 0 Å². The second-order valence-electron chi connectivity index (χ2n) is 7.02. The lowest BCUT2D eigenvalue weighted by Crippen LogP contribution is -2.21. The summed E-state index contributed by atoms with van der Waals surface area (Å²) in [6, 6.07) is 37.4. The van der Waals surface area contributed by atoms with Crippen molar-refractivity contribution in [1.82, 2.24) is 5.32 Å². The minimum absolute atomic E-state index is 0.248. The van der Waals surface area contributed by atoms with Gasteiger partial charge in [0, 0.05) is 27.7 Å². The van der Waals surface area contributed by atoms with Gasteiger partial charge in [0.2, 0.25) is 0 Å². The number of carbonyl (C=O) groups is 1. The summed E-state index contributed by atoms with van der Waals surface area (Å²) in [5, 5.41) is 4.87. The lowest BCUT2D eigenvalue weighted by molar-refractivity contribution is 0.0970. The van der Waals surface area contributed by atoms with E-state index < -0.39 is 7.14 Å². The summed E-state index contributed by atoms with van der Waals surface area (Å²) in [5.74, 6) is -0.248. The van der Waals surface area contributed by atoms with Gasteiger partial charge in [0.25, 0.3) is 5.91 Å². The van der Waals surface area contributed by atoms with Crippen molar-refractivity contribution >= 4 is 29.0 Å². The smallest absolute Gasteiger partial charge is 0.255 e. The fourth-order valence-electron chi connectivity index (χ4n) is 3.47. The first-order valence-electron chi connectivity index (χ1n) is 10.0. The van der Waals surface area contributed by atoms with Gasteiger partial charge in [-0.25, -0.2) is 0 Å². The van der Waals surface area contributed by atoms with Crippen molar-refractivity contribution in [2.45, 2.75) is 0 Å². The predicted octanol–water partition coefficient (Wildman–Crippen LogP) is 5.43. The van der Waals surface area contributed by atoms with Gasteiger partial charge >= 0.3 is 0 Å². The second kappa shape index (κ2) is 9.42. The molecule has 4 rings (SSSR count). The third-order valence-electron chi connectivity index (χ3n) is 5.02. The Morgan fingerprint density at radius 1 is 0.581 bits per heavy atom. The van der Waals surface area contributed by atoms with Crippen LogP contribution in [0.1, 0.15) is 15.9 Å². The van der Waals surface area contributed by atoms with Crippen LogP contribution in [-0.2, 0) is 4.57 Å². The summed E-state index contributed by atoms with van der Waals surface area (Å²) in [5.41, 5.74) is 1.34. The van der Waals surface area contributed by atoms with Gasteiger partial charge in [-0.1, -0.05) is 109 Å². The van der Waals surface area contributed by atoms with Gasteiger partial charge in [-0.15, -0.1) is 0 Å². The van der Waals surface area contributed by atoms with Crippen molar-refractivity contribution < 1.29 is 9.36 Å². The molecule has 0 fully saturated rings. The largest absolute Gasteiger partial charge is 0.328 e. The van der Waals surface area contributed by atoms with E-state index in [1.54, 1.807) is 18.3 Å². The van der Waals surface area contributed by atoms with Gasteiger partial charge in [0.1, 0.15) is 0 Å². The summed E-state index contributed by atoms with van der Waals surface area (Å²) in [7, 11) is -3.26. The van der Waals surface area contributed by atoms with E-state index >= 15 is 0 Å². The molecule has 0 bridgehead atoms. The Balaban J connectivity index is 1.88. The van der Waals surface area contributed by atoms with E-state index in [2.05, 4.69) is 5.32 Å². The minimum Gasteiger partial charge on any atom is -0.328 e. The Hall–Kier alpha value is -3.68. The average Bonchev–Trinajstić information content (AvgIpc) is 2.86. The second-order valence-corrected chi connectivity index (χ2v) is 9.75. The molecule has 0 atom stereocenters. The molecule has 31 heavy (non-hydrogen) atoms. The summed E-state index contributed by atoms with van der Waals surface area (Å²) < 4.78 is 14.8. The zero-order chi connectivity index (χ0) is 21.5. The monoisotopic (exact) mass is 423 g/mol. The highest BCUT2D eigenvalue weighted by Crippen LogP contribution is 2.56. The Kier molecular flexibility index (Phi) is 6.26. The molecule has 0 aliphatic heterocycles. The van der Waals surface area contributed by atoms with Crippen LogP contribution in [0.4, 0.5) is 0 Å². The maximum Gasteiger partial charge on any atom is 0.255 e. The van der Waals surface area contributed by atoms with Crippen molar-refractivity contribution in [3.63, 3.8) is 0 Å². The SMILES string of the molecule is O=C(N/C=C(\c1ccccc1)P(=O)(c1ccccc1)c1ccccc1)c1ccccc1. The van der Waals surface area contributed by atoms with E-state index in [-0.39, 0.29) is 5.91 Å².